The minimum Gasteiger partial charge on any atom is -0.481 e. The smallest absolute Gasteiger partial charge is 0.306 e. The summed E-state index contributed by atoms with van der Waals surface area (Å²) < 4.78 is 0. The molecule has 1 aromatic heterocycles. The molecule has 0 bridgehead atoms. The van der Waals surface area contributed by atoms with Crippen molar-refractivity contribution < 1.29 is 9.90 Å². The number of rotatable bonds is 5. The third-order valence-corrected chi connectivity index (χ3v) is 4.63. The van der Waals surface area contributed by atoms with Crippen LogP contribution in [0, 0.1) is 12.8 Å². The van der Waals surface area contributed by atoms with Gasteiger partial charge in [0, 0.05) is 24.8 Å². The zero-order chi connectivity index (χ0) is 17.8. The van der Waals surface area contributed by atoms with Crippen LogP contribution in [0.25, 0.3) is 0 Å². The highest BCUT2D eigenvalue weighted by Crippen LogP contribution is 2.25. The van der Waals surface area contributed by atoms with Gasteiger partial charge >= 0.3 is 5.97 Å². The van der Waals surface area contributed by atoms with Crippen LogP contribution in [-0.4, -0.2) is 34.1 Å². The number of piperidine rings is 1. The van der Waals surface area contributed by atoms with Gasteiger partial charge in [0.2, 0.25) is 0 Å². The number of benzene rings is 1. The average molecular weight is 340 g/mol. The Morgan fingerprint density at radius 2 is 1.92 bits per heavy atom. The van der Waals surface area contributed by atoms with Crippen molar-refractivity contribution in [1.82, 2.24) is 9.97 Å². The average Bonchev–Trinajstić information content (AvgIpc) is 2.62. The number of aryl methyl sites for hydroxylation is 2. The van der Waals surface area contributed by atoms with E-state index < -0.39 is 5.97 Å². The summed E-state index contributed by atoms with van der Waals surface area (Å²) in [4.78, 5) is 22.2. The first-order valence-corrected chi connectivity index (χ1v) is 8.74. The predicted molar refractivity (Wildman–Crippen MR) is 98.4 cm³/mol. The predicted octanol–water partition coefficient (Wildman–Crippen LogP) is 3.39. The first-order valence-electron chi connectivity index (χ1n) is 8.74. The van der Waals surface area contributed by atoms with Crippen LogP contribution < -0.4 is 10.2 Å². The molecule has 3 rings (SSSR count). The third-order valence-electron chi connectivity index (χ3n) is 4.63. The molecule has 1 fully saturated rings. The molecule has 0 radical (unpaired) electrons. The highest BCUT2D eigenvalue weighted by molar-refractivity contribution is 5.70. The Balaban J connectivity index is 1.73. The lowest BCUT2D eigenvalue weighted by molar-refractivity contribution is -0.142. The normalized spacial score (nSPS) is 15.2. The molecule has 6 nitrogen and oxygen atoms in total. The van der Waals surface area contributed by atoms with Gasteiger partial charge in [-0.05, 0) is 43.9 Å². The van der Waals surface area contributed by atoms with E-state index in [-0.39, 0.29) is 5.92 Å². The lowest BCUT2D eigenvalue weighted by Crippen LogP contribution is -2.36. The van der Waals surface area contributed by atoms with E-state index >= 15 is 0 Å². The van der Waals surface area contributed by atoms with E-state index in [2.05, 4.69) is 39.2 Å². The molecule has 0 saturated carbocycles. The van der Waals surface area contributed by atoms with Crippen molar-refractivity contribution in [2.75, 3.05) is 23.3 Å². The standard InChI is InChI=1S/C19H24N4O2/c1-3-14-4-6-16(7-5-14)22-17-12-18(21-13(2)20-17)23-10-8-15(9-11-23)19(24)25/h4-7,12,15H,3,8-11H2,1-2H3,(H,24,25)(H,20,21,22). The maximum Gasteiger partial charge on any atom is 0.306 e. The Hall–Kier alpha value is -2.63. The van der Waals surface area contributed by atoms with E-state index in [0.717, 1.165) is 23.7 Å². The first-order chi connectivity index (χ1) is 12.0. The van der Waals surface area contributed by atoms with Gasteiger partial charge in [-0.2, -0.15) is 0 Å². The first kappa shape index (κ1) is 17.2. The van der Waals surface area contributed by atoms with Gasteiger partial charge in [0.1, 0.15) is 17.5 Å². The van der Waals surface area contributed by atoms with Crippen LogP contribution in [0.3, 0.4) is 0 Å². The number of carbonyl (C=O) groups is 1. The summed E-state index contributed by atoms with van der Waals surface area (Å²) in [6.45, 7) is 5.42. The molecule has 25 heavy (non-hydrogen) atoms. The van der Waals surface area contributed by atoms with Crippen molar-refractivity contribution in [3.63, 3.8) is 0 Å². The Morgan fingerprint density at radius 1 is 1.24 bits per heavy atom. The highest BCUT2D eigenvalue weighted by Gasteiger charge is 2.25. The van der Waals surface area contributed by atoms with E-state index in [1.54, 1.807) is 0 Å². The molecule has 6 heteroatoms. The van der Waals surface area contributed by atoms with Crippen molar-refractivity contribution in [1.29, 1.82) is 0 Å². The summed E-state index contributed by atoms with van der Waals surface area (Å²) in [6, 6.07) is 10.2. The minimum absolute atomic E-state index is 0.242. The Kier molecular flexibility index (Phi) is 5.16. The van der Waals surface area contributed by atoms with E-state index in [9.17, 15) is 4.79 Å². The monoisotopic (exact) mass is 340 g/mol. The van der Waals surface area contributed by atoms with Crippen LogP contribution >= 0.6 is 0 Å². The van der Waals surface area contributed by atoms with Crippen LogP contribution in [-0.2, 0) is 11.2 Å². The fourth-order valence-corrected chi connectivity index (χ4v) is 3.11. The van der Waals surface area contributed by atoms with Gasteiger partial charge in [-0.15, -0.1) is 0 Å². The van der Waals surface area contributed by atoms with Crippen LogP contribution in [0.2, 0.25) is 0 Å². The summed E-state index contributed by atoms with van der Waals surface area (Å²) >= 11 is 0. The molecular formula is C19H24N4O2. The SMILES string of the molecule is CCc1ccc(Nc2cc(N3CCC(C(=O)O)CC3)nc(C)n2)cc1. The zero-order valence-corrected chi connectivity index (χ0v) is 14.7. The zero-order valence-electron chi connectivity index (χ0n) is 14.7. The number of anilines is 3. The highest BCUT2D eigenvalue weighted by atomic mass is 16.4. The molecule has 1 aromatic carbocycles. The van der Waals surface area contributed by atoms with Crippen molar-refractivity contribution >= 4 is 23.3 Å². The summed E-state index contributed by atoms with van der Waals surface area (Å²) in [6.07, 6.45) is 2.32. The topological polar surface area (TPSA) is 78.4 Å². The quantitative estimate of drug-likeness (QED) is 0.869. The molecule has 1 aliphatic heterocycles. The molecule has 0 atom stereocenters. The molecule has 2 aromatic rings. The van der Waals surface area contributed by atoms with Gasteiger partial charge in [0.25, 0.3) is 0 Å². The summed E-state index contributed by atoms with van der Waals surface area (Å²) in [5.74, 6) is 1.37. The van der Waals surface area contributed by atoms with E-state index in [1.807, 2.05) is 25.1 Å². The molecule has 2 N–H and O–H groups in total. The molecule has 132 valence electrons. The number of hydrogen-bond donors (Lipinski definition) is 2. The van der Waals surface area contributed by atoms with Crippen molar-refractivity contribution in [2.45, 2.75) is 33.1 Å². The van der Waals surface area contributed by atoms with Gasteiger partial charge in [0.05, 0.1) is 5.92 Å². The maximum absolute atomic E-state index is 11.1. The van der Waals surface area contributed by atoms with Crippen molar-refractivity contribution in [2.24, 2.45) is 5.92 Å². The molecule has 1 aliphatic rings. The van der Waals surface area contributed by atoms with Crippen LogP contribution in [0.1, 0.15) is 31.2 Å². The van der Waals surface area contributed by atoms with E-state index in [0.29, 0.717) is 31.8 Å². The molecular weight excluding hydrogens is 316 g/mol. The number of aliphatic carboxylic acids is 1. The van der Waals surface area contributed by atoms with Gasteiger partial charge in [0.15, 0.2) is 0 Å². The second-order valence-corrected chi connectivity index (χ2v) is 6.43. The second-order valence-electron chi connectivity index (χ2n) is 6.43. The Labute approximate surface area is 147 Å². The molecule has 0 amide bonds. The molecule has 2 heterocycles. The summed E-state index contributed by atoms with van der Waals surface area (Å²) in [5.41, 5.74) is 2.29. The summed E-state index contributed by atoms with van der Waals surface area (Å²) in [7, 11) is 0. The maximum atomic E-state index is 11.1. The number of carboxylic acid groups (broad SMARTS) is 1. The second kappa shape index (κ2) is 7.51. The molecule has 0 unspecified atom stereocenters. The van der Waals surface area contributed by atoms with Gasteiger partial charge in [-0.25, -0.2) is 9.97 Å². The molecule has 0 spiro atoms. The number of nitrogens with one attached hydrogen (secondary N) is 1. The Bertz CT molecular complexity index is 738. The number of nitrogens with zero attached hydrogens (tertiary/aromatic N) is 3. The fourth-order valence-electron chi connectivity index (χ4n) is 3.11. The van der Waals surface area contributed by atoms with Crippen LogP contribution in [0.5, 0.6) is 0 Å². The van der Waals surface area contributed by atoms with Crippen LogP contribution in [0.4, 0.5) is 17.3 Å². The van der Waals surface area contributed by atoms with Gasteiger partial charge in [-0.1, -0.05) is 19.1 Å². The minimum atomic E-state index is -0.698. The lowest BCUT2D eigenvalue weighted by Gasteiger charge is -2.31. The molecule has 0 aliphatic carbocycles. The van der Waals surface area contributed by atoms with Gasteiger partial charge < -0.3 is 15.3 Å². The van der Waals surface area contributed by atoms with Gasteiger partial charge in [-0.3, -0.25) is 4.79 Å². The fraction of sp³-hybridized carbons (Fsp3) is 0.421. The molecule has 1 saturated heterocycles. The van der Waals surface area contributed by atoms with E-state index in [4.69, 9.17) is 5.11 Å². The van der Waals surface area contributed by atoms with Crippen molar-refractivity contribution in [3.05, 3.63) is 41.7 Å². The van der Waals surface area contributed by atoms with Crippen molar-refractivity contribution in [3.8, 4) is 0 Å². The number of aromatic nitrogens is 2. The number of carboxylic acids is 1. The van der Waals surface area contributed by atoms with Crippen LogP contribution in [0.15, 0.2) is 30.3 Å². The summed E-state index contributed by atoms with van der Waals surface area (Å²) in [5, 5.41) is 12.5. The van der Waals surface area contributed by atoms with E-state index in [1.165, 1.54) is 5.56 Å². The largest absolute Gasteiger partial charge is 0.481 e. The number of hydrogen-bond acceptors (Lipinski definition) is 5. The third kappa shape index (κ3) is 4.26. The lowest BCUT2D eigenvalue weighted by atomic mass is 9.97. The Morgan fingerprint density at radius 3 is 2.52 bits per heavy atom.